The first-order valence-electron chi connectivity index (χ1n) is 6.45. The van der Waals surface area contributed by atoms with Crippen molar-refractivity contribution in [2.45, 2.75) is 63.2 Å². The first kappa shape index (κ1) is 11.8. The summed E-state index contributed by atoms with van der Waals surface area (Å²) in [5, 5.41) is 0. The molecule has 2 bridgehead atoms. The van der Waals surface area contributed by atoms with Crippen molar-refractivity contribution in [1.29, 1.82) is 0 Å². The Bertz CT molecular complexity index is 178. The Morgan fingerprint density at radius 3 is 2.20 bits per heavy atom. The van der Waals surface area contributed by atoms with Gasteiger partial charge in [0, 0.05) is 11.9 Å². The van der Waals surface area contributed by atoms with Gasteiger partial charge in [-0.1, -0.05) is 38.5 Å². The van der Waals surface area contributed by atoms with Crippen molar-refractivity contribution >= 4 is 18.7 Å². The maximum Gasteiger partial charge on any atom is 0.299 e. The Balaban J connectivity index is 1.89. The number of fused-ring (bicyclic) bond motifs is 2. The molecule has 0 aromatic rings. The van der Waals surface area contributed by atoms with E-state index in [0.29, 0.717) is 13.0 Å². The van der Waals surface area contributed by atoms with Crippen molar-refractivity contribution < 1.29 is 4.65 Å². The normalized spacial score (nSPS) is 32.8. The molecule has 1 nitrogen and oxygen atoms in total. The van der Waals surface area contributed by atoms with Crippen LogP contribution in [0.2, 0.25) is 11.6 Å². The number of hydrogen-bond donors (Lipinski definition) is 0. The maximum atomic E-state index is 6.28. The highest BCUT2D eigenvalue weighted by molar-refractivity contribution is 7.98. The predicted molar refractivity (Wildman–Crippen MR) is 69.9 cm³/mol. The lowest BCUT2D eigenvalue weighted by molar-refractivity contribution is 0.213. The van der Waals surface area contributed by atoms with Crippen LogP contribution in [0.25, 0.3) is 0 Å². The second-order valence-electron chi connectivity index (χ2n) is 5.25. The summed E-state index contributed by atoms with van der Waals surface area (Å²) in [6.45, 7) is 2.84. The van der Waals surface area contributed by atoms with Crippen LogP contribution < -0.4 is 0 Å². The topological polar surface area (TPSA) is 9.23 Å². The molecule has 0 saturated carbocycles. The first-order chi connectivity index (χ1) is 7.31. The largest absolute Gasteiger partial charge is 0.432 e. The van der Waals surface area contributed by atoms with Gasteiger partial charge >= 0.3 is 0 Å². The van der Waals surface area contributed by atoms with Gasteiger partial charge in [-0.3, -0.25) is 0 Å². The van der Waals surface area contributed by atoms with Crippen LogP contribution in [0, 0.1) is 0 Å². The Morgan fingerprint density at radius 2 is 1.73 bits per heavy atom. The fourth-order valence-corrected chi connectivity index (χ4v) is 3.93. The number of rotatable bonds is 4. The SMILES string of the molecule is CSCC(C)OB1C2CCCC1CCC2. The molecular formula is C12H23BOS. The standard InChI is InChI=1S/C12H23BOS/c1-10(9-15-2)14-13-11-5-3-6-12(13)8-4-7-11/h10-12H,3-9H2,1-2H3. The Labute approximate surface area is 98.8 Å². The van der Waals surface area contributed by atoms with Crippen molar-refractivity contribution in [3.63, 3.8) is 0 Å². The molecular weight excluding hydrogens is 203 g/mol. The molecule has 0 aromatic heterocycles. The lowest BCUT2D eigenvalue weighted by atomic mass is 9.38. The third-order valence-electron chi connectivity index (χ3n) is 4.02. The third kappa shape index (κ3) is 2.94. The summed E-state index contributed by atoms with van der Waals surface area (Å²) >= 11 is 1.90. The van der Waals surface area contributed by atoms with Crippen LogP contribution in [0.4, 0.5) is 0 Å². The molecule has 3 heteroatoms. The summed E-state index contributed by atoms with van der Waals surface area (Å²) in [6, 6.07) is 0. The van der Waals surface area contributed by atoms with E-state index >= 15 is 0 Å². The van der Waals surface area contributed by atoms with Crippen molar-refractivity contribution in [3.8, 4) is 0 Å². The van der Waals surface area contributed by atoms with Gasteiger partial charge in [0.1, 0.15) is 0 Å². The van der Waals surface area contributed by atoms with Crippen molar-refractivity contribution in [3.05, 3.63) is 0 Å². The molecule has 0 aromatic carbocycles. The molecule has 15 heavy (non-hydrogen) atoms. The summed E-state index contributed by atoms with van der Waals surface area (Å²) in [6.07, 6.45) is 11.2. The Kier molecular flexibility index (Phi) is 4.45. The molecule has 1 unspecified atom stereocenters. The zero-order chi connectivity index (χ0) is 10.7. The number of hydrogen-bond acceptors (Lipinski definition) is 2. The van der Waals surface area contributed by atoms with Gasteiger partial charge in [-0.05, 0) is 24.8 Å². The van der Waals surface area contributed by atoms with Gasteiger partial charge in [0.05, 0.1) is 0 Å². The van der Waals surface area contributed by atoms with Gasteiger partial charge in [-0.15, -0.1) is 0 Å². The summed E-state index contributed by atoms with van der Waals surface area (Å²) in [4.78, 5) is 0. The highest BCUT2D eigenvalue weighted by Crippen LogP contribution is 2.46. The third-order valence-corrected chi connectivity index (χ3v) is 4.82. The molecule has 2 aliphatic rings. The molecule has 2 heterocycles. The van der Waals surface area contributed by atoms with E-state index in [1.807, 2.05) is 11.8 Å². The lowest BCUT2D eigenvalue weighted by Gasteiger charge is -2.40. The van der Waals surface area contributed by atoms with Crippen LogP contribution in [-0.2, 0) is 4.65 Å². The molecule has 86 valence electrons. The van der Waals surface area contributed by atoms with E-state index in [-0.39, 0.29) is 0 Å². The van der Waals surface area contributed by atoms with E-state index in [1.54, 1.807) is 0 Å². The zero-order valence-corrected chi connectivity index (χ0v) is 10.9. The Morgan fingerprint density at radius 1 is 1.20 bits per heavy atom. The molecule has 0 amide bonds. The average molecular weight is 226 g/mol. The first-order valence-corrected chi connectivity index (χ1v) is 7.85. The Hall–Kier alpha value is 0.375. The van der Waals surface area contributed by atoms with E-state index in [2.05, 4.69) is 13.2 Å². The van der Waals surface area contributed by atoms with Crippen LogP contribution in [-0.4, -0.2) is 25.0 Å². The smallest absolute Gasteiger partial charge is 0.299 e. The minimum atomic E-state index is 0.450. The molecule has 0 N–H and O–H groups in total. The maximum absolute atomic E-state index is 6.28. The van der Waals surface area contributed by atoms with Crippen LogP contribution in [0.1, 0.15) is 45.4 Å². The zero-order valence-electron chi connectivity index (χ0n) is 10.1. The molecule has 2 saturated heterocycles. The van der Waals surface area contributed by atoms with Gasteiger partial charge in [-0.2, -0.15) is 11.8 Å². The molecule has 0 aliphatic carbocycles. The molecule has 0 spiro atoms. The predicted octanol–water partition coefficient (Wildman–Crippen LogP) is 3.85. The molecule has 0 radical (unpaired) electrons. The average Bonchev–Trinajstić information content (AvgIpc) is 2.17. The van der Waals surface area contributed by atoms with E-state index in [0.717, 1.165) is 17.4 Å². The monoisotopic (exact) mass is 226 g/mol. The minimum absolute atomic E-state index is 0.450. The number of thioether (sulfide) groups is 1. The molecule has 2 fully saturated rings. The van der Waals surface area contributed by atoms with Crippen molar-refractivity contribution in [2.24, 2.45) is 0 Å². The van der Waals surface area contributed by atoms with E-state index < -0.39 is 0 Å². The highest BCUT2D eigenvalue weighted by Gasteiger charge is 2.41. The highest BCUT2D eigenvalue weighted by atomic mass is 32.2. The van der Waals surface area contributed by atoms with Crippen LogP contribution in [0.15, 0.2) is 0 Å². The minimum Gasteiger partial charge on any atom is -0.432 e. The quantitative estimate of drug-likeness (QED) is 0.673. The molecule has 2 rings (SSSR count). The van der Waals surface area contributed by atoms with E-state index in [4.69, 9.17) is 4.65 Å². The van der Waals surface area contributed by atoms with E-state index in [1.165, 1.54) is 38.5 Å². The second kappa shape index (κ2) is 5.63. The van der Waals surface area contributed by atoms with Gasteiger partial charge in [0.15, 0.2) is 0 Å². The summed E-state index contributed by atoms with van der Waals surface area (Å²) in [7, 11) is 0. The van der Waals surface area contributed by atoms with E-state index in [9.17, 15) is 0 Å². The van der Waals surface area contributed by atoms with Gasteiger partial charge in [-0.25, -0.2) is 0 Å². The van der Waals surface area contributed by atoms with Crippen LogP contribution in [0.5, 0.6) is 0 Å². The fraction of sp³-hybridized carbons (Fsp3) is 1.00. The van der Waals surface area contributed by atoms with Gasteiger partial charge in [0.2, 0.25) is 0 Å². The molecule has 2 aliphatic heterocycles. The van der Waals surface area contributed by atoms with Gasteiger partial charge < -0.3 is 4.65 Å². The second-order valence-corrected chi connectivity index (χ2v) is 6.16. The fourth-order valence-electron chi connectivity index (χ4n) is 3.38. The van der Waals surface area contributed by atoms with Crippen LogP contribution >= 0.6 is 11.8 Å². The lowest BCUT2D eigenvalue weighted by Crippen LogP contribution is -2.40. The summed E-state index contributed by atoms with van der Waals surface area (Å²) < 4.78 is 6.28. The van der Waals surface area contributed by atoms with Crippen molar-refractivity contribution in [1.82, 2.24) is 0 Å². The summed E-state index contributed by atoms with van der Waals surface area (Å²) in [5.41, 5.74) is 0. The van der Waals surface area contributed by atoms with Crippen molar-refractivity contribution in [2.75, 3.05) is 12.0 Å². The van der Waals surface area contributed by atoms with Crippen LogP contribution in [0.3, 0.4) is 0 Å². The van der Waals surface area contributed by atoms with Gasteiger partial charge in [0.25, 0.3) is 6.92 Å². The molecule has 1 atom stereocenters. The summed E-state index contributed by atoms with van der Waals surface area (Å²) in [5.74, 6) is 2.93.